The molecule has 0 radical (unpaired) electrons. The predicted octanol–water partition coefficient (Wildman–Crippen LogP) is 1.69. The molecule has 1 saturated heterocycles. The molecular weight excluding hydrogens is 206 g/mol. The van der Waals surface area contributed by atoms with Gasteiger partial charge in [0.05, 0.1) is 0 Å². The molecule has 3 heteroatoms. The molecule has 11 heavy (non-hydrogen) atoms. The highest BCUT2D eigenvalue weighted by molar-refractivity contribution is 9.09. The van der Waals surface area contributed by atoms with Crippen LogP contribution in [0.1, 0.15) is 25.7 Å². The molecule has 1 heterocycles. The Labute approximate surface area is 75.9 Å². The van der Waals surface area contributed by atoms with Crippen molar-refractivity contribution >= 4 is 21.8 Å². The molecule has 1 fully saturated rings. The summed E-state index contributed by atoms with van der Waals surface area (Å²) < 4.78 is 0. The average molecular weight is 220 g/mol. The quantitative estimate of drug-likeness (QED) is 0.720. The predicted molar refractivity (Wildman–Crippen MR) is 48.8 cm³/mol. The van der Waals surface area contributed by atoms with Crippen LogP contribution in [0.4, 0.5) is 0 Å². The maximum atomic E-state index is 10.9. The zero-order valence-corrected chi connectivity index (χ0v) is 8.19. The molecule has 0 aromatic rings. The van der Waals surface area contributed by atoms with Gasteiger partial charge >= 0.3 is 0 Å². The molecule has 1 rings (SSSR count). The Balaban J connectivity index is 2.17. The van der Waals surface area contributed by atoms with E-state index in [1.165, 1.54) is 19.3 Å². The van der Waals surface area contributed by atoms with Crippen molar-refractivity contribution in [3.05, 3.63) is 0 Å². The number of halogens is 1. The molecule has 0 aromatic heterocycles. The van der Waals surface area contributed by atoms with Gasteiger partial charge in [-0.15, -0.1) is 0 Å². The molecule has 0 aliphatic carbocycles. The Morgan fingerprint density at radius 3 is 3.09 bits per heavy atom. The van der Waals surface area contributed by atoms with E-state index in [2.05, 4.69) is 21.2 Å². The number of carbonyl (C=O) groups is 1. The lowest BCUT2D eigenvalue weighted by Crippen LogP contribution is -2.33. The summed E-state index contributed by atoms with van der Waals surface area (Å²) in [5.41, 5.74) is 0. The van der Waals surface area contributed by atoms with E-state index in [-0.39, 0.29) is 5.91 Å². The molecule has 2 nitrogen and oxygen atoms in total. The van der Waals surface area contributed by atoms with Crippen LogP contribution in [0.3, 0.4) is 0 Å². The van der Waals surface area contributed by atoms with E-state index in [0.717, 1.165) is 18.3 Å². The second-order valence-corrected chi connectivity index (χ2v) is 3.83. The highest BCUT2D eigenvalue weighted by atomic mass is 79.9. The fraction of sp³-hybridized carbons (Fsp3) is 0.875. The summed E-state index contributed by atoms with van der Waals surface area (Å²) in [6, 6.07) is 0. The normalized spacial score (nSPS) is 24.8. The maximum Gasteiger partial charge on any atom is 0.220 e. The van der Waals surface area contributed by atoms with Crippen LogP contribution in [-0.4, -0.2) is 17.8 Å². The van der Waals surface area contributed by atoms with Crippen molar-refractivity contribution in [2.24, 2.45) is 5.92 Å². The molecule has 1 atom stereocenters. The third-order valence-corrected chi connectivity index (χ3v) is 2.66. The number of hydrogen-bond acceptors (Lipinski definition) is 1. The molecule has 0 bridgehead atoms. The van der Waals surface area contributed by atoms with Crippen LogP contribution < -0.4 is 5.32 Å². The minimum Gasteiger partial charge on any atom is -0.356 e. The number of amides is 1. The number of carbonyl (C=O) groups excluding carboxylic acids is 1. The first-order chi connectivity index (χ1) is 5.33. The van der Waals surface area contributed by atoms with Crippen LogP contribution in [0.5, 0.6) is 0 Å². The summed E-state index contributed by atoms with van der Waals surface area (Å²) in [6.07, 6.45) is 4.29. The zero-order chi connectivity index (χ0) is 8.10. The largest absolute Gasteiger partial charge is 0.356 e. The average Bonchev–Trinajstić information content (AvgIpc) is 2.01. The molecule has 0 aromatic carbocycles. The van der Waals surface area contributed by atoms with Crippen molar-refractivity contribution in [3.8, 4) is 0 Å². The minimum atomic E-state index is 0.232. The second kappa shape index (κ2) is 4.75. The van der Waals surface area contributed by atoms with Crippen molar-refractivity contribution in [3.63, 3.8) is 0 Å². The number of hydrogen-bond donors (Lipinski definition) is 1. The Morgan fingerprint density at radius 1 is 1.64 bits per heavy atom. The van der Waals surface area contributed by atoms with Crippen LogP contribution in [0.15, 0.2) is 0 Å². The third-order valence-electron chi connectivity index (χ3n) is 2.09. The molecule has 1 aliphatic rings. The molecule has 0 saturated carbocycles. The second-order valence-electron chi connectivity index (χ2n) is 3.04. The van der Waals surface area contributed by atoms with E-state index < -0.39 is 0 Å². The van der Waals surface area contributed by atoms with Crippen molar-refractivity contribution < 1.29 is 4.79 Å². The van der Waals surface area contributed by atoms with Crippen molar-refractivity contribution in [2.75, 3.05) is 11.9 Å². The van der Waals surface area contributed by atoms with Crippen LogP contribution in [-0.2, 0) is 4.79 Å². The molecule has 1 N–H and O–H groups in total. The Hall–Kier alpha value is -0.0500. The van der Waals surface area contributed by atoms with E-state index >= 15 is 0 Å². The van der Waals surface area contributed by atoms with E-state index in [9.17, 15) is 4.79 Å². The first-order valence-corrected chi connectivity index (χ1v) is 5.27. The summed E-state index contributed by atoms with van der Waals surface area (Å²) in [4.78, 5) is 10.9. The SMILES string of the molecule is O=C1CC(CCCBr)CCN1. The first kappa shape index (κ1) is 9.04. The fourth-order valence-corrected chi connectivity index (χ4v) is 1.79. The monoisotopic (exact) mass is 219 g/mol. The van der Waals surface area contributed by atoms with E-state index in [1.54, 1.807) is 0 Å². The van der Waals surface area contributed by atoms with Crippen LogP contribution in [0.25, 0.3) is 0 Å². The Bertz CT molecular complexity index is 138. The van der Waals surface area contributed by atoms with Gasteiger partial charge < -0.3 is 5.32 Å². The minimum absolute atomic E-state index is 0.232. The fourth-order valence-electron chi connectivity index (χ4n) is 1.46. The first-order valence-electron chi connectivity index (χ1n) is 4.15. The topological polar surface area (TPSA) is 29.1 Å². The zero-order valence-electron chi connectivity index (χ0n) is 6.61. The van der Waals surface area contributed by atoms with Gasteiger partial charge in [0.15, 0.2) is 0 Å². The summed E-state index contributed by atoms with van der Waals surface area (Å²) in [7, 11) is 0. The van der Waals surface area contributed by atoms with Crippen molar-refractivity contribution in [1.29, 1.82) is 0 Å². The number of alkyl halides is 1. The van der Waals surface area contributed by atoms with Gasteiger partial charge in [0.1, 0.15) is 0 Å². The standard InChI is InChI=1S/C8H14BrNO/c9-4-1-2-7-3-5-10-8(11)6-7/h7H,1-6H2,(H,10,11). The van der Waals surface area contributed by atoms with Gasteiger partial charge in [-0.05, 0) is 25.2 Å². The third kappa shape index (κ3) is 3.23. The highest BCUT2D eigenvalue weighted by Crippen LogP contribution is 2.18. The molecule has 64 valence electrons. The van der Waals surface area contributed by atoms with Gasteiger partial charge in [0, 0.05) is 18.3 Å². The lowest BCUT2D eigenvalue weighted by molar-refractivity contribution is -0.123. The molecule has 1 amide bonds. The Kier molecular flexibility index (Phi) is 3.91. The van der Waals surface area contributed by atoms with Crippen molar-refractivity contribution in [1.82, 2.24) is 5.32 Å². The van der Waals surface area contributed by atoms with Crippen LogP contribution in [0.2, 0.25) is 0 Å². The van der Waals surface area contributed by atoms with E-state index in [1.807, 2.05) is 0 Å². The number of rotatable bonds is 3. The Morgan fingerprint density at radius 2 is 2.45 bits per heavy atom. The summed E-state index contributed by atoms with van der Waals surface area (Å²) >= 11 is 3.39. The smallest absolute Gasteiger partial charge is 0.220 e. The van der Waals surface area contributed by atoms with Gasteiger partial charge in [-0.2, -0.15) is 0 Å². The highest BCUT2D eigenvalue weighted by Gasteiger charge is 2.17. The van der Waals surface area contributed by atoms with E-state index in [0.29, 0.717) is 5.92 Å². The molecule has 0 spiro atoms. The summed E-state index contributed by atoms with van der Waals surface area (Å²) in [5.74, 6) is 0.872. The summed E-state index contributed by atoms with van der Waals surface area (Å²) in [6.45, 7) is 0.881. The number of piperidine rings is 1. The van der Waals surface area contributed by atoms with Crippen LogP contribution in [0, 0.1) is 5.92 Å². The lowest BCUT2D eigenvalue weighted by atomic mass is 9.93. The molecule has 1 aliphatic heterocycles. The van der Waals surface area contributed by atoms with Crippen molar-refractivity contribution in [2.45, 2.75) is 25.7 Å². The van der Waals surface area contributed by atoms with Crippen LogP contribution >= 0.6 is 15.9 Å². The summed E-state index contributed by atoms with van der Waals surface area (Å²) in [5, 5.41) is 3.90. The van der Waals surface area contributed by atoms with Gasteiger partial charge in [-0.25, -0.2) is 0 Å². The van der Waals surface area contributed by atoms with Gasteiger partial charge in [-0.3, -0.25) is 4.79 Å². The molecular formula is C8H14BrNO. The van der Waals surface area contributed by atoms with Gasteiger partial charge in [-0.1, -0.05) is 15.9 Å². The van der Waals surface area contributed by atoms with Gasteiger partial charge in [0.25, 0.3) is 0 Å². The number of nitrogens with one attached hydrogen (secondary N) is 1. The van der Waals surface area contributed by atoms with E-state index in [4.69, 9.17) is 0 Å². The van der Waals surface area contributed by atoms with Gasteiger partial charge in [0.2, 0.25) is 5.91 Å². The lowest BCUT2D eigenvalue weighted by Gasteiger charge is -2.21. The maximum absolute atomic E-state index is 10.9. The molecule has 1 unspecified atom stereocenters.